The van der Waals surface area contributed by atoms with Crippen molar-refractivity contribution in [2.75, 3.05) is 0 Å². The molecule has 1 atom stereocenters. The first-order valence-corrected chi connectivity index (χ1v) is 10.9. The van der Waals surface area contributed by atoms with Crippen LogP contribution in [0.3, 0.4) is 0 Å². The van der Waals surface area contributed by atoms with Crippen LogP contribution in [0.15, 0.2) is 95.7 Å². The summed E-state index contributed by atoms with van der Waals surface area (Å²) in [5, 5.41) is 18.1. The molecule has 2 aliphatic rings. The molecule has 0 radical (unpaired) electrons. The number of nitro groups is 1. The van der Waals surface area contributed by atoms with Crippen molar-refractivity contribution in [2.45, 2.75) is 19.4 Å². The highest BCUT2D eigenvalue weighted by Gasteiger charge is 2.44. The van der Waals surface area contributed by atoms with E-state index in [9.17, 15) is 19.7 Å². The number of hydrogen-bond donors (Lipinski definition) is 2. The molecule has 5 rings (SSSR count). The van der Waals surface area contributed by atoms with Gasteiger partial charge in [0.1, 0.15) is 0 Å². The van der Waals surface area contributed by atoms with E-state index >= 15 is 0 Å². The number of nitro benzene ring substituents is 1. The highest BCUT2D eigenvalue weighted by Crippen LogP contribution is 2.48. The third-order valence-electron chi connectivity index (χ3n) is 6.23. The summed E-state index contributed by atoms with van der Waals surface area (Å²) in [4.78, 5) is 38.5. The number of nitrogens with zero attached hydrogens (tertiary/aromatic N) is 1. The first kappa shape index (κ1) is 21.3. The van der Waals surface area contributed by atoms with E-state index in [1.807, 2.05) is 42.5 Å². The number of ketones is 1. The zero-order chi connectivity index (χ0) is 23.8. The Morgan fingerprint density at radius 1 is 0.971 bits per heavy atom. The van der Waals surface area contributed by atoms with Crippen molar-refractivity contribution in [3.05, 3.63) is 128 Å². The second-order valence-corrected chi connectivity index (χ2v) is 8.24. The van der Waals surface area contributed by atoms with Gasteiger partial charge in [-0.2, -0.15) is 0 Å². The summed E-state index contributed by atoms with van der Waals surface area (Å²) in [7, 11) is 0. The van der Waals surface area contributed by atoms with E-state index in [1.165, 1.54) is 6.07 Å². The third-order valence-corrected chi connectivity index (χ3v) is 6.23. The van der Waals surface area contributed by atoms with Crippen LogP contribution in [0.2, 0.25) is 0 Å². The van der Waals surface area contributed by atoms with E-state index in [0.717, 1.165) is 11.1 Å². The van der Waals surface area contributed by atoms with Crippen LogP contribution >= 0.6 is 0 Å². The Hall–Kier alpha value is -4.52. The maximum absolute atomic E-state index is 13.5. The van der Waals surface area contributed by atoms with Crippen molar-refractivity contribution in [3.63, 3.8) is 0 Å². The predicted octanol–water partition coefficient (Wildman–Crippen LogP) is 4.48. The average Bonchev–Trinajstić information content (AvgIpc) is 3.14. The van der Waals surface area contributed by atoms with E-state index in [-0.39, 0.29) is 17.4 Å². The smallest absolute Gasteiger partial charge is 0.273 e. The van der Waals surface area contributed by atoms with Crippen molar-refractivity contribution in [1.82, 2.24) is 10.6 Å². The fourth-order valence-corrected chi connectivity index (χ4v) is 4.71. The molecule has 0 saturated carbocycles. The lowest BCUT2D eigenvalue weighted by atomic mass is 9.78. The van der Waals surface area contributed by atoms with Gasteiger partial charge in [-0.25, -0.2) is 0 Å². The summed E-state index contributed by atoms with van der Waals surface area (Å²) in [5.41, 5.74) is 4.15. The van der Waals surface area contributed by atoms with Gasteiger partial charge in [0.2, 0.25) is 5.91 Å². The van der Waals surface area contributed by atoms with Crippen molar-refractivity contribution < 1.29 is 14.5 Å². The van der Waals surface area contributed by atoms with Crippen molar-refractivity contribution >= 4 is 23.1 Å². The highest BCUT2D eigenvalue weighted by atomic mass is 16.6. The number of para-hydroxylation sites is 1. The number of rotatable bonds is 5. The van der Waals surface area contributed by atoms with E-state index in [0.29, 0.717) is 40.2 Å². The van der Waals surface area contributed by atoms with Crippen LogP contribution in [0.25, 0.3) is 5.70 Å². The van der Waals surface area contributed by atoms with Crippen molar-refractivity contribution in [3.8, 4) is 0 Å². The van der Waals surface area contributed by atoms with Gasteiger partial charge in [0.25, 0.3) is 5.69 Å². The second-order valence-electron chi connectivity index (χ2n) is 8.24. The molecule has 3 aromatic rings. The lowest BCUT2D eigenvalue weighted by molar-refractivity contribution is -0.385. The molecule has 0 aromatic heterocycles. The topological polar surface area (TPSA) is 101 Å². The summed E-state index contributed by atoms with van der Waals surface area (Å²) in [6.45, 7) is 2.05. The molecular formula is C27H21N3O4. The number of carbonyl (C=O) groups is 2. The zero-order valence-corrected chi connectivity index (χ0v) is 18.4. The Balaban J connectivity index is 1.63. The molecule has 0 bridgehead atoms. The number of amides is 1. The zero-order valence-electron chi connectivity index (χ0n) is 18.4. The minimum Gasteiger partial charge on any atom is -0.358 e. The maximum Gasteiger partial charge on any atom is 0.273 e. The normalized spacial score (nSPS) is 16.6. The van der Waals surface area contributed by atoms with E-state index < -0.39 is 10.8 Å². The minimum absolute atomic E-state index is 0.133. The van der Waals surface area contributed by atoms with Crippen LogP contribution < -0.4 is 10.6 Å². The van der Waals surface area contributed by atoms with Crippen LogP contribution in [-0.2, 0) is 11.3 Å². The number of allylic oxidation sites excluding steroid dienone is 2. The van der Waals surface area contributed by atoms with Gasteiger partial charge in [0, 0.05) is 46.1 Å². The molecule has 34 heavy (non-hydrogen) atoms. The van der Waals surface area contributed by atoms with Crippen molar-refractivity contribution in [1.29, 1.82) is 0 Å². The van der Waals surface area contributed by atoms with Crippen LogP contribution in [0, 0.1) is 10.1 Å². The molecule has 1 heterocycles. The number of dihydropyridines is 1. The number of nitrogens with one attached hydrogen (secondary N) is 2. The molecule has 7 heteroatoms. The largest absolute Gasteiger partial charge is 0.358 e. The Morgan fingerprint density at radius 3 is 2.35 bits per heavy atom. The predicted molar refractivity (Wildman–Crippen MR) is 128 cm³/mol. The summed E-state index contributed by atoms with van der Waals surface area (Å²) < 4.78 is 0. The van der Waals surface area contributed by atoms with Gasteiger partial charge in [-0.1, -0.05) is 72.8 Å². The van der Waals surface area contributed by atoms with Gasteiger partial charge in [-0.15, -0.1) is 0 Å². The first-order valence-electron chi connectivity index (χ1n) is 10.9. The third kappa shape index (κ3) is 3.47. The monoisotopic (exact) mass is 451 g/mol. The van der Waals surface area contributed by atoms with Gasteiger partial charge < -0.3 is 10.6 Å². The van der Waals surface area contributed by atoms with Gasteiger partial charge >= 0.3 is 0 Å². The van der Waals surface area contributed by atoms with E-state index in [4.69, 9.17) is 0 Å². The highest BCUT2D eigenvalue weighted by molar-refractivity contribution is 6.23. The molecule has 2 N–H and O–H groups in total. The van der Waals surface area contributed by atoms with Gasteiger partial charge in [-0.05, 0) is 12.5 Å². The Morgan fingerprint density at radius 2 is 1.62 bits per heavy atom. The van der Waals surface area contributed by atoms with Crippen LogP contribution in [0.1, 0.15) is 39.9 Å². The number of benzene rings is 3. The van der Waals surface area contributed by atoms with E-state index in [1.54, 1.807) is 37.3 Å². The van der Waals surface area contributed by atoms with Gasteiger partial charge in [0.05, 0.1) is 16.5 Å². The summed E-state index contributed by atoms with van der Waals surface area (Å²) in [6.07, 6.45) is 0. The van der Waals surface area contributed by atoms with Gasteiger partial charge in [-0.3, -0.25) is 19.7 Å². The summed E-state index contributed by atoms with van der Waals surface area (Å²) in [6, 6.07) is 22.9. The molecule has 0 spiro atoms. The first-order chi connectivity index (χ1) is 16.5. The average molecular weight is 451 g/mol. The van der Waals surface area contributed by atoms with Crippen LogP contribution in [0.5, 0.6) is 0 Å². The maximum atomic E-state index is 13.5. The molecule has 7 nitrogen and oxygen atoms in total. The molecule has 0 saturated heterocycles. The Labute approximate surface area is 196 Å². The molecule has 0 fully saturated rings. The fourth-order valence-electron chi connectivity index (χ4n) is 4.71. The van der Waals surface area contributed by atoms with Crippen LogP contribution in [0.4, 0.5) is 5.69 Å². The molecular weight excluding hydrogens is 430 g/mol. The molecule has 1 aliphatic carbocycles. The lowest BCUT2D eigenvalue weighted by Crippen LogP contribution is -2.34. The standard InChI is InChI=1S/C27H21N3O4/c1-16-22(27(32)28-15-17-9-3-2-4-10-17)23(20-13-7-8-14-21(20)30(33)34)24-25(29-16)18-11-5-6-12-19(18)26(24)31/h2-14,23,29H,15H2,1H3,(H,28,32)/t23-/m1/s1. The number of carbonyl (C=O) groups excluding carboxylic acids is 2. The molecule has 1 amide bonds. The molecule has 168 valence electrons. The summed E-state index contributed by atoms with van der Waals surface area (Å²) >= 11 is 0. The lowest BCUT2D eigenvalue weighted by Gasteiger charge is -2.29. The Kier molecular flexibility index (Phi) is 5.30. The Bertz CT molecular complexity index is 1410. The van der Waals surface area contributed by atoms with Gasteiger partial charge in [0.15, 0.2) is 5.78 Å². The van der Waals surface area contributed by atoms with Crippen LogP contribution in [-0.4, -0.2) is 16.6 Å². The molecule has 3 aromatic carbocycles. The quantitative estimate of drug-likeness (QED) is 0.440. The summed E-state index contributed by atoms with van der Waals surface area (Å²) in [5.74, 6) is -1.50. The molecule has 0 unspecified atom stereocenters. The van der Waals surface area contributed by atoms with E-state index in [2.05, 4.69) is 10.6 Å². The number of hydrogen-bond acceptors (Lipinski definition) is 5. The SMILES string of the molecule is CC1=C(C(=O)NCc2ccccc2)[C@@H](c2ccccc2[N+](=O)[O-])C2=C(N1)c1ccccc1C2=O. The fraction of sp³-hybridized carbons (Fsp3) is 0.111. The van der Waals surface area contributed by atoms with Crippen molar-refractivity contribution in [2.24, 2.45) is 0 Å². The number of fused-ring (bicyclic) bond motifs is 2. The number of Topliss-reactive ketones (excluding diaryl/α,β-unsaturated/α-hetero) is 1. The second kappa shape index (κ2) is 8.44. The minimum atomic E-state index is -0.881. The molecule has 1 aliphatic heterocycles.